The molecular weight excluding hydrogens is 471 g/mol. The van der Waals surface area contributed by atoms with Crippen LogP contribution in [0.4, 0.5) is 0 Å². The van der Waals surface area contributed by atoms with E-state index in [9.17, 15) is 4.79 Å². The molecule has 0 aliphatic carbocycles. The number of carbonyl (C=O) groups is 1. The van der Waals surface area contributed by atoms with Gasteiger partial charge in [0.25, 0.3) is 5.91 Å². The average molecular weight is 500 g/mol. The molecule has 1 aromatic heterocycles. The third-order valence-corrected chi connectivity index (χ3v) is 3.87. The normalized spacial score (nSPS) is 10.9. The molecule has 154 valence electrons. The molecular formula is C20H29IN4O3. The Morgan fingerprint density at radius 2 is 1.79 bits per heavy atom. The van der Waals surface area contributed by atoms with Crippen LogP contribution in [0.5, 0.6) is 0 Å². The average Bonchev–Trinajstić information content (AvgIpc) is 3.12. The number of furan rings is 1. The highest BCUT2D eigenvalue weighted by Crippen LogP contribution is 2.07. The summed E-state index contributed by atoms with van der Waals surface area (Å²) < 4.78 is 10.8. The van der Waals surface area contributed by atoms with Gasteiger partial charge in [0.2, 0.25) is 0 Å². The van der Waals surface area contributed by atoms with Gasteiger partial charge in [-0.2, -0.15) is 0 Å². The van der Waals surface area contributed by atoms with Crippen molar-refractivity contribution in [1.29, 1.82) is 0 Å². The number of nitrogens with zero attached hydrogens (tertiary/aromatic N) is 1. The molecule has 3 N–H and O–H groups in total. The van der Waals surface area contributed by atoms with Gasteiger partial charge in [0.05, 0.1) is 19.5 Å². The first-order valence-electron chi connectivity index (χ1n) is 9.09. The first-order chi connectivity index (χ1) is 13.2. The summed E-state index contributed by atoms with van der Waals surface area (Å²) in [4.78, 5) is 16.1. The Morgan fingerprint density at radius 3 is 2.46 bits per heavy atom. The highest BCUT2D eigenvalue weighted by Gasteiger charge is 2.11. The van der Waals surface area contributed by atoms with Crippen molar-refractivity contribution in [3.8, 4) is 0 Å². The molecule has 1 amide bonds. The number of benzene rings is 1. The zero-order chi connectivity index (χ0) is 19.3. The second kappa shape index (κ2) is 14.0. The lowest BCUT2D eigenvalue weighted by atomic mass is 10.2. The van der Waals surface area contributed by atoms with Crippen molar-refractivity contribution in [2.75, 3.05) is 33.3 Å². The molecule has 0 bridgehead atoms. The van der Waals surface area contributed by atoms with Crippen LogP contribution in [0.3, 0.4) is 0 Å². The lowest BCUT2D eigenvalue weighted by molar-refractivity contribution is 0.0925. The summed E-state index contributed by atoms with van der Waals surface area (Å²) in [7, 11) is 1.72. The van der Waals surface area contributed by atoms with Crippen LogP contribution in [0, 0.1) is 6.92 Å². The fraction of sp³-hybridized carbons (Fsp3) is 0.400. The van der Waals surface area contributed by atoms with Gasteiger partial charge in [0.1, 0.15) is 0 Å². The third kappa shape index (κ3) is 8.75. The molecule has 28 heavy (non-hydrogen) atoms. The number of ether oxygens (including phenoxy) is 1. The number of carbonyl (C=O) groups excluding carboxylic acids is 1. The predicted molar refractivity (Wildman–Crippen MR) is 121 cm³/mol. The van der Waals surface area contributed by atoms with Gasteiger partial charge in [-0.15, -0.1) is 24.0 Å². The Bertz CT molecular complexity index is 719. The number of guanidine groups is 1. The fourth-order valence-electron chi connectivity index (χ4n) is 2.41. The fourth-order valence-corrected chi connectivity index (χ4v) is 2.41. The summed E-state index contributed by atoms with van der Waals surface area (Å²) in [5, 5.41) is 9.24. The summed E-state index contributed by atoms with van der Waals surface area (Å²) in [6, 6.07) is 11.8. The lowest BCUT2D eigenvalue weighted by Gasteiger charge is -2.12. The number of aryl methyl sites for hydroxylation is 1. The van der Waals surface area contributed by atoms with Gasteiger partial charge in [-0.05, 0) is 25.0 Å². The summed E-state index contributed by atoms with van der Waals surface area (Å²) in [6.07, 6.45) is 2.29. The zero-order valence-electron chi connectivity index (χ0n) is 16.4. The van der Waals surface area contributed by atoms with Crippen LogP contribution in [0.1, 0.15) is 28.1 Å². The molecule has 2 aromatic rings. The van der Waals surface area contributed by atoms with E-state index in [-0.39, 0.29) is 29.9 Å². The third-order valence-electron chi connectivity index (χ3n) is 3.87. The van der Waals surface area contributed by atoms with Crippen molar-refractivity contribution in [2.24, 2.45) is 4.99 Å². The molecule has 0 saturated carbocycles. The first kappa shape index (κ1) is 24.0. The van der Waals surface area contributed by atoms with E-state index in [1.807, 2.05) is 37.3 Å². The molecule has 1 aromatic carbocycles. The minimum atomic E-state index is -0.185. The number of halogens is 1. The molecule has 0 aliphatic heterocycles. The SMILES string of the molecule is CN=C(NCCCNC(=O)c1occc1C)NCCOCc1ccccc1.I. The van der Waals surface area contributed by atoms with Crippen LogP contribution in [-0.4, -0.2) is 45.2 Å². The highest BCUT2D eigenvalue weighted by atomic mass is 127. The Balaban J connectivity index is 0.00000392. The summed E-state index contributed by atoms with van der Waals surface area (Å²) in [5.74, 6) is 0.901. The zero-order valence-corrected chi connectivity index (χ0v) is 18.7. The van der Waals surface area contributed by atoms with Crippen LogP contribution in [-0.2, 0) is 11.3 Å². The number of amides is 1. The van der Waals surface area contributed by atoms with Gasteiger partial charge in [-0.25, -0.2) is 0 Å². The van der Waals surface area contributed by atoms with E-state index in [1.54, 1.807) is 13.1 Å². The number of rotatable bonds is 10. The minimum Gasteiger partial charge on any atom is -0.459 e. The second-order valence-electron chi connectivity index (χ2n) is 6.01. The van der Waals surface area contributed by atoms with Crippen molar-refractivity contribution in [3.05, 3.63) is 59.5 Å². The molecule has 0 saturated heterocycles. The van der Waals surface area contributed by atoms with Crippen molar-refractivity contribution in [3.63, 3.8) is 0 Å². The maximum Gasteiger partial charge on any atom is 0.287 e. The van der Waals surface area contributed by atoms with Gasteiger partial charge in [0, 0.05) is 32.2 Å². The topological polar surface area (TPSA) is 87.9 Å². The largest absolute Gasteiger partial charge is 0.459 e. The van der Waals surface area contributed by atoms with Crippen molar-refractivity contribution >= 4 is 35.8 Å². The lowest BCUT2D eigenvalue weighted by Crippen LogP contribution is -2.40. The van der Waals surface area contributed by atoms with E-state index >= 15 is 0 Å². The number of aliphatic imine (C=N–C) groups is 1. The monoisotopic (exact) mass is 500 g/mol. The second-order valence-corrected chi connectivity index (χ2v) is 6.01. The standard InChI is InChI=1S/C20H28N4O3.HI/c1-16-9-13-27-18(16)19(25)22-10-6-11-23-20(21-2)24-12-14-26-15-17-7-4-3-5-8-17;/h3-5,7-9,13H,6,10-12,14-15H2,1-2H3,(H,22,25)(H2,21,23,24);1H. The van der Waals surface area contributed by atoms with Crippen molar-refractivity contribution in [2.45, 2.75) is 20.0 Å². The van der Waals surface area contributed by atoms with Crippen LogP contribution >= 0.6 is 24.0 Å². The van der Waals surface area contributed by atoms with Crippen molar-refractivity contribution in [1.82, 2.24) is 16.0 Å². The van der Waals surface area contributed by atoms with Crippen LogP contribution in [0.25, 0.3) is 0 Å². The molecule has 7 nitrogen and oxygen atoms in total. The Kier molecular flexibility index (Phi) is 12.0. The molecule has 2 rings (SSSR count). The Morgan fingerprint density at radius 1 is 1.07 bits per heavy atom. The molecule has 1 heterocycles. The van der Waals surface area contributed by atoms with Gasteiger partial charge >= 0.3 is 0 Å². The van der Waals surface area contributed by atoms with Crippen LogP contribution in [0.2, 0.25) is 0 Å². The summed E-state index contributed by atoms with van der Waals surface area (Å²) in [6.45, 7) is 4.96. The van der Waals surface area contributed by atoms with E-state index in [0.29, 0.717) is 44.6 Å². The Hall–Kier alpha value is -2.07. The van der Waals surface area contributed by atoms with Gasteiger partial charge < -0.3 is 25.1 Å². The highest BCUT2D eigenvalue weighted by molar-refractivity contribution is 14.0. The quantitative estimate of drug-likeness (QED) is 0.202. The molecule has 0 spiro atoms. The molecule has 0 fully saturated rings. The maximum absolute atomic E-state index is 11.9. The van der Waals surface area contributed by atoms with Crippen LogP contribution < -0.4 is 16.0 Å². The predicted octanol–water partition coefficient (Wildman–Crippen LogP) is 2.71. The molecule has 8 heteroatoms. The molecule has 0 aliphatic rings. The van der Waals surface area contributed by atoms with Gasteiger partial charge in [0.15, 0.2) is 11.7 Å². The van der Waals surface area contributed by atoms with Gasteiger partial charge in [-0.3, -0.25) is 9.79 Å². The van der Waals surface area contributed by atoms with Crippen molar-refractivity contribution < 1.29 is 13.9 Å². The molecule has 0 radical (unpaired) electrons. The van der Waals surface area contributed by atoms with E-state index in [4.69, 9.17) is 9.15 Å². The summed E-state index contributed by atoms with van der Waals surface area (Å²) >= 11 is 0. The molecule has 0 unspecified atom stereocenters. The van der Waals surface area contributed by atoms with Gasteiger partial charge in [-0.1, -0.05) is 30.3 Å². The van der Waals surface area contributed by atoms with Crippen LogP contribution in [0.15, 0.2) is 52.1 Å². The van der Waals surface area contributed by atoms with E-state index in [1.165, 1.54) is 6.26 Å². The molecule has 0 atom stereocenters. The first-order valence-corrected chi connectivity index (χ1v) is 9.09. The number of hydrogen-bond donors (Lipinski definition) is 3. The Labute approximate surface area is 183 Å². The smallest absolute Gasteiger partial charge is 0.287 e. The maximum atomic E-state index is 11.9. The van der Waals surface area contributed by atoms with E-state index in [0.717, 1.165) is 17.5 Å². The van der Waals surface area contributed by atoms with E-state index in [2.05, 4.69) is 20.9 Å². The number of hydrogen-bond acceptors (Lipinski definition) is 4. The minimum absolute atomic E-state index is 0. The number of nitrogens with one attached hydrogen (secondary N) is 3. The van der Waals surface area contributed by atoms with E-state index < -0.39 is 0 Å². The summed E-state index contributed by atoms with van der Waals surface area (Å²) in [5.41, 5.74) is 2.00.